The number of halogens is 1. The third-order valence-electron chi connectivity index (χ3n) is 5.45. The summed E-state index contributed by atoms with van der Waals surface area (Å²) in [6, 6.07) is 23.7. The highest BCUT2D eigenvalue weighted by atomic mass is 79.9. The highest BCUT2D eigenvalue weighted by Gasteiger charge is 2.27. The Hall–Kier alpha value is -3.25. The van der Waals surface area contributed by atoms with Crippen LogP contribution in [0, 0.1) is 0 Å². The Kier molecular flexibility index (Phi) is 6.51. The lowest BCUT2D eigenvalue weighted by Crippen LogP contribution is -2.38. The lowest BCUT2D eigenvalue weighted by atomic mass is 10.1. The minimum Gasteiger partial charge on any atom is -0.329 e. The van der Waals surface area contributed by atoms with E-state index in [2.05, 4.69) is 15.9 Å². The number of amides is 1. The molecule has 162 valence electrons. The molecule has 0 radical (unpaired) electrons. The van der Waals surface area contributed by atoms with Crippen LogP contribution in [0.15, 0.2) is 88.1 Å². The van der Waals surface area contributed by atoms with Gasteiger partial charge in [0.05, 0.1) is 22.6 Å². The van der Waals surface area contributed by atoms with Crippen molar-refractivity contribution in [2.75, 3.05) is 6.54 Å². The first-order valence-corrected chi connectivity index (χ1v) is 11.4. The summed E-state index contributed by atoms with van der Waals surface area (Å²) < 4.78 is 2.47. The molecule has 0 spiro atoms. The molecule has 1 heterocycles. The van der Waals surface area contributed by atoms with E-state index >= 15 is 0 Å². The summed E-state index contributed by atoms with van der Waals surface area (Å²) >= 11 is 3.45. The van der Waals surface area contributed by atoms with Gasteiger partial charge in [0.15, 0.2) is 0 Å². The van der Waals surface area contributed by atoms with Crippen molar-refractivity contribution in [2.24, 2.45) is 0 Å². The predicted octanol–water partition coefficient (Wildman–Crippen LogP) is 5.76. The minimum absolute atomic E-state index is 0.0948. The molecule has 1 atom stereocenters. The maximum atomic E-state index is 13.5. The number of fused-ring (bicyclic) bond motifs is 1. The number of carbonyl (C=O) groups excluding carboxylic acids is 1. The molecular formula is C26H24BrN3O2. The average Bonchev–Trinajstić information content (AvgIpc) is 2.82. The van der Waals surface area contributed by atoms with Gasteiger partial charge in [-0.15, -0.1) is 0 Å². The standard InChI is InChI=1S/C26H24BrN3O2/c1-3-16-29(25(31)19-10-9-11-20(27)17-19)18(2)24-28-23-15-8-7-14-22(23)26(32)30(24)21-12-5-4-6-13-21/h4-15,17-18H,3,16H2,1-2H3. The molecule has 0 N–H and O–H groups in total. The van der Waals surface area contributed by atoms with Crippen molar-refractivity contribution in [1.29, 1.82) is 0 Å². The molecular weight excluding hydrogens is 466 g/mol. The van der Waals surface area contributed by atoms with Gasteiger partial charge in [0.1, 0.15) is 5.82 Å². The summed E-state index contributed by atoms with van der Waals surface area (Å²) in [6.07, 6.45) is 0.785. The van der Waals surface area contributed by atoms with Crippen molar-refractivity contribution in [3.05, 3.63) is 105 Å². The van der Waals surface area contributed by atoms with Crippen LogP contribution in [0.5, 0.6) is 0 Å². The van der Waals surface area contributed by atoms with Crippen LogP contribution in [-0.4, -0.2) is 26.9 Å². The molecule has 0 bridgehead atoms. The number of rotatable bonds is 6. The zero-order valence-corrected chi connectivity index (χ0v) is 19.6. The number of carbonyl (C=O) groups is 1. The second-order valence-corrected chi connectivity index (χ2v) is 8.56. The van der Waals surface area contributed by atoms with Gasteiger partial charge in [-0.1, -0.05) is 59.3 Å². The Bertz CT molecular complexity index is 1320. The number of hydrogen-bond donors (Lipinski definition) is 0. The van der Waals surface area contributed by atoms with E-state index in [1.165, 1.54) is 0 Å². The van der Waals surface area contributed by atoms with Crippen LogP contribution in [0.2, 0.25) is 0 Å². The molecule has 0 saturated heterocycles. The SMILES string of the molecule is CCCN(C(=O)c1cccc(Br)c1)C(C)c1nc2ccccc2c(=O)n1-c1ccccc1. The van der Waals surface area contributed by atoms with E-state index < -0.39 is 6.04 Å². The van der Waals surface area contributed by atoms with Gasteiger partial charge in [-0.05, 0) is 55.8 Å². The number of para-hydroxylation sites is 2. The van der Waals surface area contributed by atoms with E-state index in [4.69, 9.17) is 4.98 Å². The van der Waals surface area contributed by atoms with E-state index in [0.717, 1.165) is 16.6 Å². The number of aromatic nitrogens is 2. The second kappa shape index (κ2) is 9.49. The number of hydrogen-bond acceptors (Lipinski definition) is 3. The number of benzene rings is 3. The first-order chi connectivity index (χ1) is 15.5. The first kappa shape index (κ1) is 22.0. The van der Waals surface area contributed by atoms with E-state index in [9.17, 15) is 9.59 Å². The molecule has 0 aliphatic carbocycles. The zero-order chi connectivity index (χ0) is 22.7. The topological polar surface area (TPSA) is 55.2 Å². The fourth-order valence-electron chi connectivity index (χ4n) is 3.90. The third-order valence-corrected chi connectivity index (χ3v) is 5.95. The van der Waals surface area contributed by atoms with Crippen LogP contribution in [0.1, 0.15) is 42.5 Å². The van der Waals surface area contributed by atoms with Gasteiger partial charge >= 0.3 is 0 Å². The molecule has 0 fully saturated rings. The predicted molar refractivity (Wildman–Crippen MR) is 131 cm³/mol. The summed E-state index contributed by atoms with van der Waals surface area (Å²) in [6.45, 7) is 4.51. The van der Waals surface area contributed by atoms with Gasteiger partial charge in [0, 0.05) is 16.6 Å². The van der Waals surface area contributed by atoms with Crippen LogP contribution in [0.3, 0.4) is 0 Å². The molecule has 32 heavy (non-hydrogen) atoms. The third kappa shape index (κ3) is 4.23. The Morgan fingerprint density at radius 1 is 1.03 bits per heavy atom. The molecule has 1 amide bonds. The normalized spacial score (nSPS) is 12.0. The van der Waals surface area contributed by atoms with Crippen LogP contribution in [0.25, 0.3) is 16.6 Å². The zero-order valence-electron chi connectivity index (χ0n) is 18.0. The van der Waals surface area contributed by atoms with E-state index in [0.29, 0.717) is 28.8 Å². The Labute approximate surface area is 195 Å². The smallest absolute Gasteiger partial charge is 0.266 e. The number of nitrogens with zero attached hydrogens (tertiary/aromatic N) is 3. The van der Waals surface area contributed by atoms with Crippen molar-refractivity contribution in [3.8, 4) is 5.69 Å². The van der Waals surface area contributed by atoms with Crippen molar-refractivity contribution < 1.29 is 4.79 Å². The molecule has 1 unspecified atom stereocenters. The Morgan fingerprint density at radius 3 is 2.47 bits per heavy atom. The highest BCUT2D eigenvalue weighted by molar-refractivity contribution is 9.10. The summed E-state index contributed by atoms with van der Waals surface area (Å²) in [5.74, 6) is 0.444. The van der Waals surface area contributed by atoms with Crippen LogP contribution in [-0.2, 0) is 0 Å². The monoisotopic (exact) mass is 489 g/mol. The Balaban J connectivity index is 1.90. The van der Waals surface area contributed by atoms with Gasteiger partial charge in [-0.25, -0.2) is 4.98 Å². The van der Waals surface area contributed by atoms with E-state index in [1.54, 1.807) is 21.6 Å². The van der Waals surface area contributed by atoms with Crippen LogP contribution < -0.4 is 5.56 Å². The lowest BCUT2D eigenvalue weighted by Gasteiger charge is -2.30. The molecule has 3 aromatic carbocycles. The van der Waals surface area contributed by atoms with Gasteiger partial charge < -0.3 is 4.90 Å². The summed E-state index contributed by atoms with van der Waals surface area (Å²) in [4.78, 5) is 33.7. The highest BCUT2D eigenvalue weighted by Crippen LogP contribution is 2.25. The maximum Gasteiger partial charge on any atom is 0.266 e. The lowest BCUT2D eigenvalue weighted by molar-refractivity contribution is 0.0681. The minimum atomic E-state index is -0.418. The average molecular weight is 490 g/mol. The molecule has 1 aromatic heterocycles. The molecule has 0 saturated carbocycles. The van der Waals surface area contributed by atoms with Crippen molar-refractivity contribution in [3.63, 3.8) is 0 Å². The fourth-order valence-corrected chi connectivity index (χ4v) is 4.29. The summed E-state index contributed by atoms with van der Waals surface area (Å²) in [7, 11) is 0. The molecule has 0 aliphatic heterocycles. The van der Waals surface area contributed by atoms with E-state index in [-0.39, 0.29) is 11.5 Å². The van der Waals surface area contributed by atoms with E-state index in [1.807, 2.05) is 80.6 Å². The van der Waals surface area contributed by atoms with Gasteiger partial charge in [0.2, 0.25) is 0 Å². The summed E-state index contributed by atoms with van der Waals surface area (Å²) in [5.41, 5.74) is 1.80. The van der Waals surface area contributed by atoms with Crippen LogP contribution in [0.4, 0.5) is 0 Å². The Morgan fingerprint density at radius 2 is 1.75 bits per heavy atom. The molecule has 0 aliphatic rings. The maximum absolute atomic E-state index is 13.5. The fraction of sp³-hybridized carbons (Fsp3) is 0.192. The van der Waals surface area contributed by atoms with Crippen LogP contribution >= 0.6 is 15.9 Å². The van der Waals surface area contributed by atoms with Crippen molar-refractivity contribution in [1.82, 2.24) is 14.5 Å². The molecule has 4 aromatic rings. The largest absolute Gasteiger partial charge is 0.329 e. The first-order valence-electron chi connectivity index (χ1n) is 10.6. The molecule has 5 nitrogen and oxygen atoms in total. The molecule has 4 rings (SSSR count). The van der Waals surface area contributed by atoms with Gasteiger partial charge in [-0.3, -0.25) is 14.2 Å². The van der Waals surface area contributed by atoms with Crippen molar-refractivity contribution in [2.45, 2.75) is 26.3 Å². The quantitative estimate of drug-likeness (QED) is 0.345. The second-order valence-electron chi connectivity index (χ2n) is 7.65. The molecule has 6 heteroatoms. The summed E-state index contributed by atoms with van der Waals surface area (Å²) in [5, 5.41) is 0.549. The van der Waals surface area contributed by atoms with Crippen molar-refractivity contribution >= 4 is 32.7 Å². The van der Waals surface area contributed by atoms with Gasteiger partial charge in [0.25, 0.3) is 11.5 Å². The van der Waals surface area contributed by atoms with Gasteiger partial charge in [-0.2, -0.15) is 0 Å².